The second-order valence-corrected chi connectivity index (χ2v) is 6.18. The lowest BCUT2D eigenvalue weighted by Gasteiger charge is -2.23. The average molecular weight is 224 g/mol. The van der Waals surface area contributed by atoms with Crippen molar-refractivity contribution < 1.29 is 4.74 Å². The maximum absolute atomic E-state index is 6.07. The summed E-state index contributed by atoms with van der Waals surface area (Å²) >= 11 is 0. The summed E-state index contributed by atoms with van der Waals surface area (Å²) in [5.41, 5.74) is 6.07. The summed E-state index contributed by atoms with van der Waals surface area (Å²) in [5, 5.41) is 3.72. The molecule has 3 rings (SSSR count). The van der Waals surface area contributed by atoms with Crippen LogP contribution in [0.1, 0.15) is 26.2 Å². The molecular weight excluding hydrogens is 200 g/mol. The first-order valence-corrected chi connectivity index (χ1v) is 6.80. The summed E-state index contributed by atoms with van der Waals surface area (Å²) in [7, 11) is 0. The third-order valence-electron chi connectivity index (χ3n) is 5.02. The van der Waals surface area contributed by atoms with Crippen LogP contribution < -0.4 is 11.1 Å². The summed E-state index contributed by atoms with van der Waals surface area (Å²) in [6, 6.07) is 1.18. The van der Waals surface area contributed by atoms with E-state index in [1.165, 1.54) is 25.8 Å². The zero-order valence-electron chi connectivity index (χ0n) is 10.2. The first-order valence-electron chi connectivity index (χ1n) is 6.80. The van der Waals surface area contributed by atoms with Gasteiger partial charge in [0.2, 0.25) is 0 Å². The zero-order valence-corrected chi connectivity index (χ0v) is 10.2. The van der Waals surface area contributed by atoms with Gasteiger partial charge in [-0.25, -0.2) is 0 Å². The second kappa shape index (κ2) is 4.28. The number of fused-ring (bicyclic) bond motifs is 1. The van der Waals surface area contributed by atoms with Crippen molar-refractivity contribution in [3.05, 3.63) is 0 Å². The van der Waals surface area contributed by atoms with Crippen molar-refractivity contribution in [3.8, 4) is 0 Å². The summed E-state index contributed by atoms with van der Waals surface area (Å²) in [4.78, 5) is 0. The van der Waals surface area contributed by atoms with Crippen molar-refractivity contribution in [3.63, 3.8) is 0 Å². The van der Waals surface area contributed by atoms with Gasteiger partial charge in [-0.05, 0) is 49.5 Å². The van der Waals surface area contributed by atoms with Gasteiger partial charge in [-0.2, -0.15) is 0 Å². The molecule has 0 aromatic rings. The molecule has 2 saturated heterocycles. The van der Waals surface area contributed by atoms with Gasteiger partial charge in [-0.3, -0.25) is 0 Å². The molecule has 0 bridgehead atoms. The zero-order chi connectivity index (χ0) is 11.1. The minimum absolute atomic E-state index is 0.469. The lowest BCUT2D eigenvalue weighted by Crippen LogP contribution is -2.32. The number of rotatable bonds is 2. The third kappa shape index (κ3) is 1.89. The van der Waals surface area contributed by atoms with Gasteiger partial charge in [-0.15, -0.1) is 0 Å². The molecule has 1 saturated carbocycles. The highest BCUT2D eigenvalue weighted by molar-refractivity contribution is 4.99. The topological polar surface area (TPSA) is 47.3 Å². The van der Waals surface area contributed by atoms with Gasteiger partial charge in [0, 0.05) is 25.3 Å². The molecular formula is C13H24N2O. The largest absolute Gasteiger partial charge is 0.381 e. The number of ether oxygens (including phenoxy) is 1. The smallest absolute Gasteiger partial charge is 0.0498 e. The van der Waals surface area contributed by atoms with E-state index in [4.69, 9.17) is 10.5 Å². The molecule has 1 aliphatic carbocycles. The lowest BCUT2D eigenvalue weighted by atomic mass is 9.84. The van der Waals surface area contributed by atoms with Crippen molar-refractivity contribution >= 4 is 0 Å². The monoisotopic (exact) mass is 224 g/mol. The van der Waals surface area contributed by atoms with Gasteiger partial charge < -0.3 is 15.8 Å². The molecule has 2 aliphatic heterocycles. The van der Waals surface area contributed by atoms with Crippen LogP contribution in [0.15, 0.2) is 0 Å². The summed E-state index contributed by atoms with van der Waals surface area (Å²) in [6.07, 6.45) is 3.78. The molecule has 0 radical (unpaired) electrons. The lowest BCUT2D eigenvalue weighted by molar-refractivity contribution is 0.177. The molecule has 16 heavy (non-hydrogen) atoms. The summed E-state index contributed by atoms with van der Waals surface area (Å²) < 4.78 is 5.56. The predicted octanol–water partition coefficient (Wildman–Crippen LogP) is 0.984. The van der Waals surface area contributed by atoms with E-state index in [1.54, 1.807) is 0 Å². The number of hydrogen-bond acceptors (Lipinski definition) is 3. The fourth-order valence-electron chi connectivity index (χ4n) is 3.97. The molecule has 0 spiro atoms. The number of hydrogen-bond donors (Lipinski definition) is 2. The highest BCUT2D eigenvalue weighted by atomic mass is 16.5. The van der Waals surface area contributed by atoms with Crippen LogP contribution >= 0.6 is 0 Å². The Hall–Kier alpha value is -0.120. The molecule has 3 heteroatoms. The highest BCUT2D eigenvalue weighted by Crippen LogP contribution is 2.40. The predicted molar refractivity (Wildman–Crippen MR) is 64.1 cm³/mol. The van der Waals surface area contributed by atoms with Crippen molar-refractivity contribution in [2.45, 2.75) is 38.3 Å². The van der Waals surface area contributed by atoms with E-state index >= 15 is 0 Å². The third-order valence-corrected chi connectivity index (χ3v) is 5.02. The van der Waals surface area contributed by atoms with E-state index in [9.17, 15) is 0 Å². The normalized spacial score (nSPS) is 52.1. The van der Waals surface area contributed by atoms with E-state index in [2.05, 4.69) is 12.2 Å². The quantitative estimate of drug-likeness (QED) is 0.735. The second-order valence-electron chi connectivity index (χ2n) is 6.18. The Kier molecular flexibility index (Phi) is 2.94. The van der Waals surface area contributed by atoms with Crippen molar-refractivity contribution in [2.75, 3.05) is 19.8 Å². The first-order chi connectivity index (χ1) is 7.74. The molecule has 2 heterocycles. The molecule has 3 aliphatic rings. The van der Waals surface area contributed by atoms with E-state index in [-0.39, 0.29) is 0 Å². The standard InChI is InChI=1S/C13H24N2O/c1-8-6-16-7-10(8)3-13-12-4-11(14)2-9(12)5-15-13/h8-13,15H,2-7,14H2,1H3. The van der Waals surface area contributed by atoms with Crippen molar-refractivity contribution in [2.24, 2.45) is 29.4 Å². The maximum atomic E-state index is 6.07. The van der Waals surface area contributed by atoms with E-state index < -0.39 is 0 Å². The van der Waals surface area contributed by atoms with Gasteiger partial charge >= 0.3 is 0 Å². The highest BCUT2D eigenvalue weighted by Gasteiger charge is 2.43. The molecule has 6 atom stereocenters. The minimum atomic E-state index is 0.469. The van der Waals surface area contributed by atoms with Crippen LogP contribution in [0.2, 0.25) is 0 Å². The fraction of sp³-hybridized carbons (Fsp3) is 1.00. The Balaban J connectivity index is 1.59. The van der Waals surface area contributed by atoms with Gasteiger partial charge in [-0.1, -0.05) is 6.92 Å². The number of nitrogens with two attached hydrogens (primary N) is 1. The Morgan fingerprint density at radius 1 is 1.31 bits per heavy atom. The molecule has 3 fully saturated rings. The molecule has 0 aromatic carbocycles. The minimum Gasteiger partial charge on any atom is -0.381 e. The molecule has 0 aromatic heterocycles. The molecule has 3 nitrogen and oxygen atoms in total. The first kappa shape index (κ1) is 11.0. The molecule has 0 amide bonds. The Morgan fingerprint density at radius 2 is 2.19 bits per heavy atom. The van der Waals surface area contributed by atoms with Crippen molar-refractivity contribution in [1.29, 1.82) is 0 Å². The van der Waals surface area contributed by atoms with E-state index in [0.717, 1.165) is 36.9 Å². The van der Waals surface area contributed by atoms with Gasteiger partial charge in [0.15, 0.2) is 0 Å². The Labute approximate surface area is 98.1 Å². The molecule has 6 unspecified atom stereocenters. The van der Waals surface area contributed by atoms with Crippen LogP contribution in [0, 0.1) is 23.7 Å². The summed E-state index contributed by atoms with van der Waals surface area (Å²) in [6.45, 7) is 5.46. The molecule has 3 N–H and O–H groups in total. The summed E-state index contributed by atoms with van der Waals surface area (Å²) in [5.74, 6) is 3.23. The Morgan fingerprint density at radius 3 is 2.94 bits per heavy atom. The van der Waals surface area contributed by atoms with Crippen LogP contribution in [0.3, 0.4) is 0 Å². The van der Waals surface area contributed by atoms with Gasteiger partial charge in [0.1, 0.15) is 0 Å². The maximum Gasteiger partial charge on any atom is 0.0498 e. The van der Waals surface area contributed by atoms with Crippen LogP contribution in [0.25, 0.3) is 0 Å². The van der Waals surface area contributed by atoms with Crippen LogP contribution in [-0.4, -0.2) is 31.8 Å². The Bertz CT molecular complexity index is 258. The average Bonchev–Trinajstić information content (AvgIpc) is 2.87. The van der Waals surface area contributed by atoms with Crippen LogP contribution in [-0.2, 0) is 4.74 Å². The van der Waals surface area contributed by atoms with Crippen molar-refractivity contribution in [1.82, 2.24) is 5.32 Å². The molecule has 92 valence electrons. The van der Waals surface area contributed by atoms with E-state index in [0.29, 0.717) is 12.1 Å². The van der Waals surface area contributed by atoms with Crippen LogP contribution in [0.5, 0.6) is 0 Å². The number of nitrogens with one attached hydrogen (secondary N) is 1. The fourth-order valence-corrected chi connectivity index (χ4v) is 3.97. The van der Waals surface area contributed by atoms with Gasteiger partial charge in [0.05, 0.1) is 0 Å². The van der Waals surface area contributed by atoms with Gasteiger partial charge in [0.25, 0.3) is 0 Å². The van der Waals surface area contributed by atoms with E-state index in [1.807, 2.05) is 0 Å². The SMILES string of the molecule is CC1COCC1CC1NCC2CC(N)CC21. The van der Waals surface area contributed by atoms with Crippen LogP contribution in [0.4, 0.5) is 0 Å².